The normalized spacial score (nSPS) is 20.8. The minimum Gasteiger partial charge on any atom is -0.368 e. The Morgan fingerprint density at radius 1 is 1.24 bits per heavy atom. The summed E-state index contributed by atoms with van der Waals surface area (Å²) in [6.45, 7) is 5.84. The summed E-state index contributed by atoms with van der Waals surface area (Å²) >= 11 is 0. The summed E-state index contributed by atoms with van der Waals surface area (Å²) in [5.41, 5.74) is 0. The number of rotatable bonds is 7. The zero-order valence-corrected chi connectivity index (χ0v) is 19.5. The summed E-state index contributed by atoms with van der Waals surface area (Å²) in [4.78, 5) is 22.2. The van der Waals surface area contributed by atoms with Gasteiger partial charge in [-0.15, -0.1) is 24.0 Å². The number of amides is 1. The van der Waals surface area contributed by atoms with Gasteiger partial charge in [-0.25, -0.2) is 0 Å². The highest BCUT2D eigenvalue weighted by molar-refractivity contribution is 14.0. The molecule has 170 valence electrons. The van der Waals surface area contributed by atoms with Crippen molar-refractivity contribution in [2.45, 2.75) is 38.5 Å². The Morgan fingerprint density at radius 3 is 2.45 bits per heavy atom. The Bertz CT molecular complexity index is 522. The summed E-state index contributed by atoms with van der Waals surface area (Å²) in [7, 11) is 1.46. The van der Waals surface area contributed by atoms with Crippen molar-refractivity contribution in [3.8, 4) is 0 Å². The van der Waals surface area contributed by atoms with Gasteiger partial charge in [0.25, 0.3) is 5.91 Å². The van der Waals surface area contributed by atoms with Crippen LogP contribution < -0.4 is 5.32 Å². The first-order valence-electron chi connectivity index (χ1n) is 9.99. The van der Waals surface area contributed by atoms with Gasteiger partial charge in [0.15, 0.2) is 5.96 Å². The van der Waals surface area contributed by atoms with Gasteiger partial charge in [-0.05, 0) is 39.8 Å². The fourth-order valence-electron chi connectivity index (χ4n) is 3.45. The van der Waals surface area contributed by atoms with E-state index in [0.29, 0.717) is 58.8 Å². The van der Waals surface area contributed by atoms with E-state index in [-0.39, 0.29) is 36.0 Å². The van der Waals surface area contributed by atoms with Crippen molar-refractivity contribution >= 4 is 35.8 Å². The molecule has 0 aromatic heterocycles. The van der Waals surface area contributed by atoms with Crippen molar-refractivity contribution in [3.63, 3.8) is 0 Å². The predicted molar refractivity (Wildman–Crippen MR) is 117 cm³/mol. The number of alkyl halides is 3. The van der Waals surface area contributed by atoms with Crippen LogP contribution in [0.1, 0.15) is 26.2 Å². The molecule has 1 amide bonds. The van der Waals surface area contributed by atoms with Crippen LogP contribution in [0.2, 0.25) is 0 Å². The number of carbonyl (C=O) groups excluding carboxylic acids is 1. The van der Waals surface area contributed by atoms with Crippen LogP contribution in [0.4, 0.5) is 13.2 Å². The Balaban J connectivity index is 0.00000420. The van der Waals surface area contributed by atoms with Gasteiger partial charge in [-0.1, -0.05) is 0 Å². The molecule has 2 aliphatic rings. The molecule has 2 fully saturated rings. The lowest BCUT2D eigenvalue weighted by Gasteiger charge is -2.37. The number of carbonyl (C=O) groups is 1. The first kappa shape index (κ1) is 26.2. The molecule has 2 rings (SSSR count). The highest BCUT2D eigenvalue weighted by Gasteiger charge is 2.31. The van der Waals surface area contributed by atoms with E-state index in [1.807, 2.05) is 11.8 Å². The molecular weight excluding hydrogens is 502 g/mol. The molecule has 0 saturated carbocycles. The Morgan fingerprint density at radius 2 is 1.90 bits per heavy atom. The Labute approximate surface area is 188 Å². The SMILES string of the molecule is CCNC(=NCCCN(C)CC(F)(F)F)N1CCN(C(=O)C2CCCO2)CC1.I. The molecule has 1 unspecified atom stereocenters. The van der Waals surface area contributed by atoms with Crippen LogP contribution in [0.3, 0.4) is 0 Å². The first-order chi connectivity index (χ1) is 13.3. The van der Waals surface area contributed by atoms with Crippen molar-refractivity contribution in [3.05, 3.63) is 0 Å². The minimum atomic E-state index is -4.17. The van der Waals surface area contributed by atoms with E-state index in [2.05, 4.69) is 15.2 Å². The summed E-state index contributed by atoms with van der Waals surface area (Å²) in [5.74, 6) is 0.831. The lowest BCUT2D eigenvalue weighted by atomic mass is 10.2. The monoisotopic (exact) mass is 535 g/mol. The van der Waals surface area contributed by atoms with Crippen LogP contribution in [-0.4, -0.2) is 105 Å². The van der Waals surface area contributed by atoms with E-state index in [4.69, 9.17) is 4.74 Å². The summed E-state index contributed by atoms with van der Waals surface area (Å²) in [5, 5.41) is 3.23. The number of guanidine groups is 1. The second-order valence-electron chi connectivity index (χ2n) is 7.26. The van der Waals surface area contributed by atoms with Crippen LogP contribution in [-0.2, 0) is 9.53 Å². The van der Waals surface area contributed by atoms with Gasteiger partial charge >= 0.3 is 6.18 Å². The number of aliphatic imine (C=N–C) groups is 1. The molecule has 0 bridgehead atoms. The largest absolute Gasteiger partial charge is 0.401 e. The highest BCUT2D eigenvalue weighted by atomic mass is 127. The number of hydrogen-bond acceptors (Lipinski definition) is 4. The van der Waals surface area contributed by atoms with Crippen LogP contribution in [0.25, 0.3) is 0 Å². The van der Waals surface area contributed by atoms with Gasteiger partial charge in [0.1, 0.15) is 6.10 Å². The summed E-state index contributed by atoms with van der Waals surface area (Å²) in [6.07, 6.45) is -2.17. The van der Waals surface area contributed by atoms with Gasteiger partial charge in [-0.2, -0.15) is 13.2 Å². The quantitative estimate of drug-likeness (QED) is 0.233. The fraction of sp³-hybridized carbons (Fsp3) is 0.889. The number of ether oxygens (including phenoxy) is 1. The van der Waals surface area contributed by atoms with E-state index in [9.17, 15) is 18.0 Å². The van der Waals surface area contributed by atoms with Gasteiger partial charge < -0.3 is 19.9 Å². The first-order valence-corrected chi connectivity index (χ1v) is 9.99. The average Bonchev–Trinajstić information content (AvgIpc) is 3.17. The molecule has 2 saturated heterocycles. The lowest BCUT2D eigenvalue weighted by Crippen LogP contribution is -2.55. The highest BCUT2D eigenvalue weighted by Crippen LogP contribution is 2.16. The molecule has 1 N–H and O–H groups in total. The van der Waals surface area contributed by atoms with Gasteiger partial charge in [-0.3, -0.25) is 14.7 Å². The smallest absolute Gasteiger partial charge is 0.368 e. The molecule has 2 heterocycles. The topological polar surface area (TPSA) is 60.4 Å². The van der Waals surface area contributed by atoms with E-state index < -0.39 is 12.7 Å². The van der Waals surface area contributed by atoms with Gasteiger partial charge in [0, 0.05) is 45.9 Å². The lowest BCUT2D eigenvalue weighted by molar-refractivity contribution is -0.143. The van der Waals surface area contributed by atoms with Crippen LogP contribution in [0.5, 0.6) is 0 Å². The number of halogens is 4. The van der Waals surface area contributed by atoms with Crippen molar-refractivity contribution in [1.82, 2.24) is 20.0 Å². The van der Waals surface area contributed by atoms with Crippen LogP contribution in [0, 0.1) is 0 Å². The standard InChI is InChI=1S/C18H32F3N5O2.HI/c1-3-22-17(23-7-5-8-24(2)14-18(19,20)21)26-11-9-25(10-12-26)16(27)15-6-4-13-28-15;/h15H,3-14H2,1-2H3,(H,22,23);1H. The zero-order chi connectivity index (χ0) is 20.6. The third kappa shape index (κ3) is 9.24. The Kier molecular flexibility index (Phi) is 11.6. The number of nitrogens with zero attached hydrogens (tertiary/aromatic N) is 4. The zero-order valence-electron chi connectivity index (χ0n) is 17.2. The van der Waals surface area contributed by atoms with Crippen molar-refractivity contribution in [2.75, 3.05) is 66.0 Å². The summed E-state index contributed by atoms with van der Waals surface area (Å²) in [6, 6.07) is 0. The fourth-order valence-corrected chi connectivity index (χ4v) is 3.45. The van der Waals surface area contributed by atoms with Crippen molar-refractivity contribution in [1.29, 1.82) is 0 Å². The maximum Gasteiger partial charge on any atom is 0.401 e. The molecule has 1 atom stereocenters. The molecule has 0 spiro atoms. The molecule has 0 aromatic rings. The maximum absolute atomic E-state index is 12.4. The van der Waals surface area contributed by atoms with E-state index >= 15 is 0 Å². The van der Waals surface area contributed by atoms with E-state index in [1.165, 1.54) is 11.9 Å². The number of piperazine rings is 1. The van der Waals surface area contributed by atoms with Crippen molar-refractivity contribution < 1.29 is 22.7 Å². The van der Waals surface area contributed by atoms with E-state index in [0.717, 1.165) is 18.8 Å². The number of nitrogens with one attached hydrogen (secondary N) is 1. The molecule has 29 heavy (non-hydrogen) atoms. The van der Waals surface area contributed by atoms with Gasteiger partial charge in [0.2, 0.25) is 0 Å². The maximum atomic E-state index is 12.4. The van der Waals surface area contributed by atoms with E-state index in [1.54, 1.807) is 0 Å². The Hall–Kier alpha value is -0.820. The molecule has 0 aliphatic carbocycles. The molecular formula is C18H33F3IN5O2. The molecule has 7 nitrogen and oxygen atoms in total. The van der Waals surface area contributed by atoms with Crippen molar-refractivity contribution in [2.24, 2.45) is 4.99 Å². The molecule has 0 radical (unpaired) electrons. The van der Waals surface area contributed by atoms with Gasteiger partial charge in [0.05, 0.1) is 6.54 Å². The third-order valence-corrected chi connectivity index (χ3v) is 4.84. The van der Waals surface area contributed by atoms with Crippen LogP contribution in [0.15, 0.2) is 4.99 Å². The predicted octanol–water partition coefficient (Wildman–Crippen LogP) is 1.78. The summed E-state index contributed by atoms with van der Waals surface area (Å²) < 4.78 is 42.5. The minimum absolute atomic E-state index is 0. The number of hydrogen-bond donors (Lipinski definition) is 1. The second kappa shape index (κ2) is 12.8. The second-order valence-corrected chi connectivity index (χ2v) is 7.26. The van der Waals surface area contributed by atoms with Crippen LogP contribution >= 0.6 is 24.0 Å². The average molecular weight is 535 g/mol. The molecule has 11 heteroatoms. The third-order valence-electron chi connectivity index (χ3n) is 4.84. The molecule has 0 aromatic carbocycles. The molecule has 2 aliphatic heterocycles.